The van der Waals surface area contributed by atoms with Crippen molar-refractivity contribution in [2.24, 2.45) is 5.92 Å². The lowest BCUT2D eigenvalue weighted by Gasteiger charge is -2.29. The van der Waals surface area contributed by atoms with E-state index in [1.807, 2.05) is 0 Å². The topological polar surface area (TPSA) is 63.7 Å². The molecule has 1 fully saturated rings. The van der Waals surface area contributed by atoms with Crippen LogP contribution in [0, 0.1) is 11.7 Å². The van der Waals surface area contributed by atoms with E-state index in [1.165, 1.54) is 10.4 Å². The molecule has 2 rings (SSSR count). The van der Waals surface area contributed by atoms with Gasteiger partial charge in [-0.25, -0.2) is 17.6 Å². The van der Waals surface area contributed by atoms with Gasteiger partial charge in [0, 0.05) is 13.1 Å². The van der Waals surface area contributed by atoms with E-state index in [-0.39, 0.29) is 10.5 Å². The normalized spacial score (nSPS) is 17.7. The highest BCUT2D eigenvalue weighted by atomic mass is 32.2. The van der Waals surface area contributed by atoms with Crippen LogP contribution in [-0.2, 0) is 14.8 Å². The number of carbonyl (C=O) groups excluding carboxylic acids is 1. The summed E-state index contributed by atoms with van der Waals surface area (Å²) in [5.41, 5.74) is -0.371. The number of nitrogens with zero attached hydrogens (tertiary/aromatic N) is 1. The number of sulfonamides is 1. The first-order valence-electron chi connectivity index (χ1n) is 6.74. The van der Waals surface area contributed by atoms with E-state index in [9.17, 15) is 17.6 Å². The van der Waals surface area contributed by atoms with Crippen molar-refractivity contribution in [2.75, 3.05) is 20.2 Å². The third-order valence-electron chi connectivity index (χ3n) is 3.72. The summed E-state index contributed by atoms with van der Waals surface area (Å²) in [5.74, 6) is -1.19. The molecule has 5 nitrogen and oxygen atoms in total. The Bertz CT molecular complexity index is 636. The minimum atomic E-state index is -3.71. The van der Waals surface area contributed by atoms with Crippen molar-refractivity contribution in [1.29, 1.82) is 0 Å². The van der Waals surface area contributed by atoms with Crippen molar-refractivity contribution in [3.63, 3.8) is 0 Å². The summed E-state index contributed by atoms with van der Waals surface area (Å²) < 4.78 is 44.5. The molecule has 1 aromatic rings. The number of hydrogen-bond acceptors (Lipinski definition) is 4. The van der Waals surface area contributed by atoms with Gasteiger partial charge in [0.1, 0.15) is 5.82 Å². The molecule has 0 N–H and O–H groups in total. The highest BCUT2D eigenvalue weighted by Crippen LogP contribution is 2.24. The SMILES string of the molecule is COC(=O)c1cc(S(=O)(=O)N2CCC(C)CC2)ccc1F. The van der Waals surface area contributed by atoms with Crippen LogP contribution in [-0.4, -0.2) is 38.9 Å². The van der Waals surface area contributed by atoms with Gasteiger partial charge in [-0.05, 0) is 37.0 Å². The lowest BCUT2D eigenvalue weighted by atomic mass is 10.0. The predicted molar refractivity (Wildman–Crippen MR) is 74.9 cm³/mol. The number of hydrogen-bond donors (Lipinski definition) is 0. The summed E-state index contributed by atoms with van der Waals surface area (Å²) in [6.07, 6.45) is 1.59. The molecule has 21 heavy (non-hydrogen) atoms. The summed E-state index contributed by atoms with van der Waals surface area (Å²) in [6, 6.07) is 3.19. The van der Waals surface area contributed by atoms with E-state index in [0.717, 1.165) is 32.1 Å². The molecule has 1 aromatic carbocycles. The van der Waals surface area contributed by atoms with Crippen molar-refractivity contribution in [1.82, 2.24) is 4.31 Å². The molecule has 116 valence electrons. The number of esters is 1. The van der Waals surface area contributed by atoms with E-state index >= 15 is 0 Å². The molecule has 1 aliphatic rings. The zero-order valence-corrected chi connectivity index (χ0v) is 12.8. The number of carbonyl (C=O) groups is 1. The first-order chi connectivity index (χ1) is 9.86. The number of methoxy groups -OCH3 is 1. The Morgan fingerprint density at radius 2 is 1.95 bits per heavy atom. The van der Waals surface area contributed by atoms with Crippen LogP contribution in [0.25, 0.3) is 0 Å². The Kier molecular flexibility index (Phi) is 4.63. The molecule has 0 bridgehead atoms. The third-order valence-corrected chi connectivity index (χ3v) is 5.62. The molecule has 7 heteroatoms. The summed E-state index contributed by atoms with van der Waals surface area (Å²) in [5, 5.41) is 0. The Labute approximate surface area is 123 Å². The second-order valence-corrected chi connectivity index (χ2v) is 7.16. The van der Waals surface area contributed by atoms with Gasteiger partial charge in [0.05, 0.1) is 17.6 Å². The minimum Gasteiger partial charge on any atom is -0.465 e. The molecule has 0 unspecified atom stereocenters. The Hall–Kier alpha value is -1.47. The molecule has 1 saturated heterocycles. The van der Waals surface area contributed by atoms with Crippen LogP contribution in [0.2, 0.25) is 0 Å². The van der Waals surface area contributed by atoms with E-state index in [4.69, 9.17) is 0 Å². The first-order valence-corrected chi connectivity index (χ1v) is 8.18. The van der Waals surface area contributed by atoms with Crippen molar-refractivity contribution in [3.8, 4) is 0 Å². The second-order valence-electron chi connectivity index (χ2n) is 5.22. The van der Waals surface area contributed by atoms with Crippen LogP contribution in [0.1, 0.15) is 30.1 Å². The van der Waals surface area contributed by atoms with E-state index in [0.29, 0.717) is 19.0 Å². The highest BCUT2D eigenvalue weighted by Gasteiger charge is 2.29. The van der Waals surface area contributed by atoms with Gasteiger partial charge < -0.3 is 4.74 Å². The number of halogens is 1. The quantitative estimate of drug-likeness (QED) is 0.801. The Morgan fingerprint density at radius 3 is 2.52 bits per heavy atom. The monoisotopic (exact) mass is 315 g/mol. The van der Waals surface area contributed by atoms with Gasteiger partial charge in [-0.2, -0.15) is 4.31 Å². The number of piperidine rings is 1. The van der Waals surface area contributed by atoms with Crippen LogP contribution in [0.3, 0.4) is 0 Å². The zero-order valence-electron chi connectivity index (χ0n) is 12.0. The molecular formula is C14H18FNO4S. The molecule has 1 heterocycles. The second kappa shape index (κ2) is 6.11. The van der Waals surface area contributed by atoms with Crippen LogP contribution >= 0.6 is 0 Å². The van der Waals surface area contributed by atoms with Gasteiger partial charge in [0.2, 0.25) is 10.0 Å². The van der Waals surface area contributed by atoms with Crippen LogP contribution in [0.5, 0.6) is 0 Å². The molecule has 0 saturated carbocycles. The number of rotatable bonds is 3. The third kappa shape index (κ3) is 3.24. The van der Waals surface area contributed by atoms with Crippen molar-refractivity contribution in [3.05, 3.63) is 29.6 Å². The summed E-state index contributed by atoms with van der Waals surface area (Å²) >= 11 is 0. The van der Waals surface area contributed by atoms with E-state index in [2.05, 4.69) is 11.7 Å². The Morgan fingerprint density at radius 1 is 1.33 bits per heavy atom. The molecule has 0 radical (unpaired) electrons. The summed E-state index contributed by atoms with van der Waals surface area (Å²) in [7, 11) is -2.59. The number of ether oxygens (including phenoxy) is 1. The largest absolute Gasteiger partial charge is 0.465 e. The van der Waals surface area contributed by atoms with Gasteiger partial charge in [0.15, 0.2) is 0 Å². The predicted octanol–water partition coefficient (Wildman–Crippen LogP) is 2.03. The van der Waals surface area contributed by atoms with Crippen LogP contribution in [0.4, 0.5) is 4.39 Å². The maximum atomic E-state index is 13.6. The van der Waals surface area contributed by atoms with Gasteiger partial charge >= 0.3 is 5.97 Å². The fraction of sp³-hybridized carbons (Fsp3) is 0.500. The molecule has 0 spiro atoms. The van der Waals surface area contributed by atoms with Gasteiger partial charge in [0.25, 0.3) is 0 Å². The molecule has 0 amide bonds. The highest BCUT2D eigenvalue weighted by molar-refractivity contribution is 7.89. The maximum absolute atomic E-state index is 13.6. The standard InChI is InChI=1S/C14H18FNO4S/c1-10-5-7-16(8-6-10)21(18,19)11-3-4-13(15)12(9-11)14(17)20-2/h3-4,9-10H,5-8H2,1-2H3. The van der Waals surface area contributed by atoms with Crippen LogP contribution in [0.15, 0.2) is 23.1 Å². The van der Waals surface area contributed by atoms with Crippen molar-refractivity contribution < 1.29 is 22.3 Å². The minimum absolute atomic E-state index is 0.0844. The van der Waals surface area contributed by atoms with Crippen molar-refractivity contribution in [2.45, 2.75) is 24.7 Å². The Balaban J connectivity index is 2.34. The average molecular weight is 315 g/mol. The first kappa shape index (κ1) is 15.9. The molecule has 0 aliphatic carbocycles. The average Bonchev–Trinajstić information content (AvgIpc) is 2.47. The maximum Gasteiger partial charge on any atom is 0.340 e. The lowest BCUT2D eigenvalue weighted by Crippen LogP contribution is -2.37. The van der Waals surface area contributed by atoms with E-state index in [1.54, 1.807) is 0 Å². The van der Waals surface area contributed by atoms with E-state index < -0.39 is 21.8 Å². The fourth-order valence-corrected chi connectivity index (χ4v) is 3.80. The lowest BCUT2D eigenvalue weighted by molar-refractivity contribution is 0.0595. The zero-order chi connectivity index (χ0) is 15.6. The molecule has 1 aliphatic heterocycles. The molecule has 0 aromatic heterocycles. The van der Waals surface area contributed by atoms with Gasteiger partial charge in [-0.1, -0.05) is 6.92 Å². The number of benzene rings is 1. The van der Waals surface area contributed by atoms with Gasteiger partial charge in [-0.3, -0.25) is 0 Å². The fourth-order valence-electron chi connectivity index (χ4n) is 2.31. The smallest absolute Gasteiger partial charge is 0.340 e. The molecular weight excluding hydrogens is 297 g/mol. The van der Waals surface area contributed by atoms with Crippen molar-refractivity contribution >= 4 is 16.0 Å². The summed E-state index contributed by atoms with van der Waals surface area (Å²) in [6.45, 7) is 2.96. The molecule has 0 atom stereocenters. The van der Waals surface area contributed by atoms with Gasteiger partial charge in [-0.15, -0.1) is 0 Å². The summed E-state index contributed by atoms with van der Waals surface area (Å²) in [4.78, 5) is 11.4. The van der Waals surface area contributed by atoms with Crippen LogP contribution < -0.4 is 0 Å².